The third kappa shape index (κ3) is 1.84. The Balaban J connectivity index is 1.38. The predicted octanol–water partition coefficient (Wildman–Crippen LogP) is 3.75. The average molecular weight is 368 g/mol. The van der Waals surface area contributed by atoms with Crippen molar-refractivity contribution in [2.24, 2.45) is 28.6 Å². The number of hydrogen-bond donors (Lipinski definition) is 0. The van der Waals surface area contributed by atoms with Gasteiger partial charge in [0.25, 0.3) is 0 Å². The molecule has 144 valence electrons. The summed E-state index contributed by atoms with van der Waals surface area (Å²) < 4.78 is 11.8. The highest BCUT2D eigenvalue weighted by Crippen LogP contribution is 2.76. The van der Waals surface area contributed by atoms with E-state index in [2.05, 4.69) is 13.8 Å². The fourth-order valence-corrected chi connectivity index (χ4v) is 8.14. The van der Waals surface area contributed by atoms with E-state index in [-0.39, 0.29) is 22.4 Å². The lowest BCUT2D eigenvalue weighted by Crippen LogP contribution is -2.56. The van der Waals surface area contributed by atoms with Gasteiger partial charge in [0.1, 0.15) is 12.2 Å². The molecule has 0 unspecified atom stereocenters. The molecule has 0 aromatic rings. The first-order valence-electron chi connectivity index (χ1n) is 10.7. The van der Waals surface area contributed by atoms with Crippen molar-refractivity contribution >= 4 is 11.8 Å². The van der Waals surface area contributed by atoms with E-state index < -0.39 is 0 Å². The van der Waals surface area contributed by atoms with Gasteiger partial charge in [0.15, 0.2) is 5.78 Å². The second kappa shape index (κ2) is 4.94. The number of ketones is 1. The maximum Gasteiger partial charge on any atom is 0.331 e. The number of hydrogen-bond acceptors (Lipinski definition) is 4. The summed E-state index contributed by atoms with van der Waals surface area (Å²) in [6, 6.07) is 0. The second-order valence-electron chi connectivity index (χ2n) is 10.3. The largest absolute Gasteiger partial charge is 0.458 e. The van der Waals surface area contributed by atoms with E-state index in [0.29, 0.717) is 42.7 Å². The van der Waals surface area contributed by atoms with Crippen LogP contribution in [-0.4, -0.2) is 30.1 Å². The highest BCUT2D eigenvalue weighted by molar-refractivity contribution is 5.91. The van der Waals surface area contributed by atoms with Crippen LogP contribution < -0.4 is 0 Å². The number of rotatable bonds is 1. The van der Waals surface area contributed by atoms with Crippen LogP contribution in [0, 0.1) is 28.6 Å². The van der Waals surface area contributed by atoms with Crippen molar-refractivity contribution in [3.8, 4) is 0 Å². The summed E-state index contributed by atoms with van der Waals surface area (Å²) in [7, 11) is 0. The minimum Gasteiger partial charge on any atom is -0.458 e. The number of cyclic esters (lactones) is 1. The molecule has 0 aromatic carbocycles. The van der Waals surface area contributed by atoms with E-state index in [1.165, 1.54) is 17.6 Å². The van der Waals surface area contributed by atoms with Gasteiger partial charge in [-0.05, 0) is 73.3 Å². The quantitative estimate of drug-likeness (QED) is 0.522. The van der Waals surface area contributed by atoms with E-state index in [1.807, 2.05) is 6.08 Å². The molecule has 2 aliphatic heterocycles. The minimum absolute atomic E-state index is 0.0109. The Bertz CT molecular complexity index is 824. The van der Waals surface area contributed by atoms with Crippen LogP contribution in [0.4, 0.5) is 0 Å². The van der Waals surface area contributed by atoms with Gasteiger partial charge >= 0.3 is 5.97 Å². The molecule has 0 amide bonds. The molecule has 27 heavy (non-hydrogen) atoms. The normalized spacial score (nSPS) is 52.8. The van der Waals surface area contributed by atoms with Gasteiger partial charge in [0.2, 0.25) is 0 Å². The molecule has 0 aromatic heterocycles. The zero-order valence-electron chi connectivity index (χ0n) is 16.3. The molecule has 4 nitrogen and oxygen atoms in total. The standard InChI is InChI=1S/C23H28O4/c1-21-7-5-15(24)10-14(21)3-4-17-16(21)6-8-22(2)18(11-19-23(17,22)27-19)13-9-20(25)26-12-13/h9-10,16-19H,3-8,11-12H2,1-2H3/t16-,17+,18+,19+,21-,22+,23+/m0/s1. The maximum atomic E-state index is 12.0. The Kier molecular flexibility index (Phi) is 3.03. The van der Waals surface area contributed by atoms with Crippen LogP contribution in [0.15, 0.2) is 23.3 Å². The van der Waals surface area contributed by atoms with E-state index in [9.17, 15) is 9.59 Å². The third-order valence-corrected chi connectivity index (χ3v) is 9.52. The van der Waals surface area contributed by atoms with Gasteiger partial charge in [-0.25, -0.2) is 4.79 Å². The lowest BCUT2D eigenvalue weighted by Gasteiger charge is -2.58. The van der Waals surface area contributed by atoms with Gasteiger partial charge < -0.3 is 9.47 Å². The first-order chi connectivity index (χ1) is 12.9. The van der Waals surface area contributed by atoms with Gasteiger partial charge in [-0.2, -0.15) is 0 Å². The summed E-state index contributed by atoms with van der Waals surface area (Å²) in [5.41, 5.74) is 2.88. The van der Waals surface area contributed by atoms with Crippen LogP contribution in [0.1, 0.15) is 58.8 Å². The van der Waals surface area contributed by atoms with Crippen LogP contribution in [-0.2, 0) is 19.1 Å². The van der Waals surface area contributed by atoms with Crippen molar-refractivity contribution in [2.75, 3.05) is 6.61 Å². The summed E-state index contributed by atoms with van der Waals surface area (Å²) in [5.74, 6) is 1.77. The van der Waals surface area contributed by atoms with Crippen molar-refractivity contribution < 1.29 is 19.1 Å². The number of allylic oxidation sites excluding steroid dienone is 1. The molecule has 7 atom stereocenters. The Labute approximate surface area is 160 Å². The summed E-state index contributed by atoms with van der Waals surface area (Å²) in [6.45, 7) is 5.31. The Morgan fingerprint density at radius 1 is 1.04 bits per heavy atom. The van der Waals surface area contributed by atoms with Crippen LogP contribution in [0.3, 0.4) is 0 Å². The smallest absolute Gasteiger partial charge is 0.331 e. The van der Waals surface area contributed by atoms with Crippen molar-refractivity contribution in [1.82, 2.24) is 0 Å². The predicted molar refractivity (Wildman–Crippen MR) is 98.7 cm³/mol. The monoisotopic (exact) mass is 368 g/mol. The summed E-state index contributed by atoms with van der Waals surface area (Å²) in [4.78, 5) is 23.7. The van der Waals surface area contributed by atoms with Crippen LogP contribution >= 0.6 is 0 Å². The van der Waals surface area contributed by atoms with Crippen molar-refractivity contribution in [1.29, 1.82) is 0 Å². The van der Waals surface area contributed by atoms with Crippen molar-refractivity contribution in [3.63, 3.8) is 0 Å². The molecule has 0 N–H and O–H groups in total. The summed E-state index contributed by atoms with van der Waals surface area (Å²) in [6.07, 6.45) is 11.4. The molecule has 6 rings (SSSR count). The molecule has 4 heteroatoms. The van der Waals surface area contributed by atoms with Crippen molar-refractivity contribution in [2.45, 2.75) is 70.5 Å². The second-order valence-corrected chi connectivity index (χ2v) is 10.3. The molecular formula is C23H28O4. The van der Waals surface area contributed by atoms with Gasteiger partial charge in [0.05, 0.1) is 6.10 Å². The zero-order chi connectivity index (χ0) is 18.6. The summed E-state index contributed by atoms with van der Waals surface area (Å²) in [5, 5.41) is 0. The number of ether oxygens (including phenoxy) is 2. The third-order valence-electron chi connectivity index (χ3n) is 9.52. The molecule has 0 bridgehead atoms. The van der Waals surface area contributed by atoms with Crippen LogP contribution in [0.5, 0.6) is 0 Å². The van der Waals surface area contributed by atoms with Gasteiger partial charge in [-0.1, -0.05) is 19.4 Å². The molecule has 1 spiro atoms. The molecule has 3 saturated carbocycles. The lowest BCUT2D eigenvalue weighted by atomic mass is 9.46. The fraction of sp³-hybridized carbons (Fsp3) is 0.739. The SMILES string of the molecule is C[C@]12CCC(=O)C=C1CC[C@@H]1[C@@H]2CC[C@]2(C)[C@@H](C3=CC(=O)OC3)C[C@H]3O[C@]132. The summed E-state index contributed by atoms with van der Waals surface area (Å²) >= 11 is 0. The van der Waals surface area contributed by atoms with Crippen molar-refractivity contribution in [3.05, 3.63) is 23.3 Å². The Hall–Kier alpha value is -1.42. The topological polar surface area (TPSA) is 55.9 Å². The highest BCUT2D eigenvalue weighted by atomic mass is 16.6. The zero-order valence-corrected chi connectivity index (χ0v) is 16.3. The average Bonchev–Trinajstić information content (AvgIpc) is 3.09. The molecule has 0 radical (unpaired) electrons. The van der Waals surface area contributed by atoms with Crippen LogP contribution in [0.2, 0.25) is 0 Å². The lowest BCUT2D eigenvalue weighted by molar-refractivity contribution is -0.135. The molecule has 6 aliphatic rings. The van der Waals surface area contributed by atoms with E-state index >= 15 is 0 Å². The first kappa shape index (κ1) is 16.5. The first-order valence-corrected chi connectivity index (χ1v) is 10.7. The van der Waals surface area contributed by atoms with E-state index in [4.69, 9.17) is 9.47 Å². The van der Waals surface area contributed by atoms with Crippen LogP contribution in [0.25, 0.3) is 0 Å². The molecular weight excluding hydrogens is 340 g/mol. The molecule has 1 saturated heterocycles. The minimum atomic E-state index is -0.176. The number of esters is 1. The number of carbonyl (C=O) groups is 2. The highest BCUT2D eigenvalue weighted by Gasteiger charge is 2.80. The van der Waals surface area contributed by atoms with Gasteiger partial charge in [0, 0.05) is 17.9 Å². The number of fused-ring (bicyclic) bond motifs is 3. The molecule has 4 aliphatic carbocycles. The number of carbonyl (C=O) groups excluding carboxylic acids is 2. The molecule has 2 heterocycles. The maximum absolute atomic E-state index is 12.0. The van der Waals surface area contributed by atoms with Gasteiger partial charge in [-0.15, -0.1) is 0 Å². The fourth-order valence-electron chi connectivity index (χ4n) is 8.14. The Morgan fingerprint density at radius 2 is 1.89 bits per heavy atom. The van der Waals surface area contributed by atoms with E-state index in [1.54, 1.807) is 6.08 Å². The Morgan fingerprint density at radius 3 is 2.67 bits per heavy atom. The van der Waals surface area contributed by atoms with E-state index in [0.717, 1.165) is 32.1 Å². The molecule has 4 fully saturated rings. The number of epoxide rings is 1. The van der Waals surface area contributed by atoms with Gasteiger partial charge in [-0.3, -0.25) is 4.79 Å².